The Morgan fingerprint density at radius 1 is 1.27 bits per heavy atom. The molecule has 0 bridgehead atoms. The summed E-state index contributed by atoms with van der Waals surface area (Å²) in [4.78, 5) is 16.5. The molecule has 0 aliphatic heterocycles. The average Bonchev–Trinajstić information content (AvgIpc) is 3.11. The van der Waals surface area contributed by atoms with E-state index >= 15 is 0 Å². The molecule has 0 saturated heterocycles. The summed E-state index contributed by atoms with van der Waals surface area (Å²) in [7, 11) is 0. The van der Waals surface area contributed by atoms with Crippen LogP contribution in [0.5, 0.6) is 0 Å². The number of ether oxygens (including phenoxy) is 1. The van der Waals surface area contributed by atoms with Gasteiger partial charge in [-0.15, -0.1) is 0 Å². The van der Waals surface area contributed by atoms with Crippen LogP contribution in [0.25, 0.3) is 11.1 Å². The molecule has 1 aromatic heterocycles. The van der Waals surface area contributed by atoms with E-state index in [9.17, 15) is 9.18 Å². The number of carbonyl (C=O) groups is 1. The van der Waals surface area contributed by atoms with Crippen molar-refractivity contribution >= 4 is 56.7 Å². The van der Waals surface area contributed by atoms with Gasteiger partial charge in [0.05, 0.1) is 17.3 Å². The van der Waals surface area contributed by atoms with Crippen LogP contribution in [0.3, 0.4) is 0 Å². The van der Waals surface area contributed by atoms with Crippen LogP contribution in [0.4, 0.5) is 16.0 Å². The number of rotatable bonds is 6. The number of benzene rings is 2. The molecular formula is C21H19BrCl2FN3O2. The van der Waals surface area contributed by atoms with E-state index in [1.54, 1.807) is 37.4 Å². The molecule has 0 spiro atoms. The number of nitrogens with one attached hydrogen (secondary N) is 1. The van der Waals surface area contributed by atoms with E-state index in [2.05, 4.69) is 26.2 Å². The zero-order valence-corrected chi connectivity index (χ0v) is 19.6. The van der Waals surface area contributed by atoms with Crippen LogP contribution >= 0.6 is 39.1 Å². The first kappa shape index (κ1) is 22.6. The van der Waals surface area contributed by atoms with E-state index < -0.39 is 11.8 Å². The third kappa shape index (κ3) is 4.63. The SMILES string of the molecule is CCOC(=O)c1cn(C(C)C)c(Nc2cc(-c3cccc(Cl)c3F)c(Cl)cc2Br)n1. The van der Waals surface area contributed by atoms with E-state index in [-0.39, 0.29) is 28.9 Å². The summed E-state index contributed by atoms with van der Waals surface area (Å²) >= 11 is 15.8. The van der Waals surface area contributed by atoms with Crippen molar-refractivity contribution < 1.29 is 13.9 Å². The summed E-state index contributed by atoms with van der Waals surface area (Å²) in [6, 6.07) is 8.12. The number of imidazole rings is 1. The summed E-state index contributed by atoms with van der Waals surface area (Å²) in [5, 5.41) is 3.56. The number of nitrogens with zero attached hydrogens (tertiary/aromatic N) is 2. The molecule has 9 heteroatoms. The van der Waals surface area contributed by atoms with Gasteiger partial charge in [0.2, 0.25) is 5.95 Å². The molecule has 0 fully saturated rings. The molecule has 0 amide bonds. The Balaban J connectivity index is 2.05. The molecule has 0 unspecified atom stereocenters. The molecule has 3 rings (SSSR count). The van der Waals surface area contributed by atoms with Gasteiger partial charge in [-0.25, -0.2) is 14.2 Å². The van der Waals surface area contributed by atoms with E-state index in [0.717, 1.165) is 0 Å². The monoisotopic (exact) mass is 513 g/mol. The van der Waals surface area contributed by atoms with E-state index in [0.29, 0.717) is 26.7 Å². The van der Waals surface area contributed by atoms with E-state index in [4.69, 9.17) is 27.9 Å². The summed E-state index contributed by atoms with van der Waals surface area (Å²) in [5.74, 6) is -0.618. The van der Waals surface area contributed by atoms with Crippen LogP contribution in [0.15, 0.2) is 41.0 Å². The van der Waals surface area contributed by atoms with Crippen molar-refractivity contribution in [3.8, 4) is 11.1 Å². The number of hydrogen-bond acceptors (Lipinski definition) is 4. The molecule has 5 nitrogen and oxygen atoms in total. The van der Waals surface area contributed by atoms with Crippen molar-refractivity contribution in [3.05, 3.63) is 62.6 Å². The number of halogens is 4. The second-order valence-corrected chi connectivity index (χ2v) is 8.38. The van der Waals surface area contributed by atoms with E-state index in [1.807, 2.05) is 18.4 Å². The van der Waals surface area contributed by atoms with Gasteiger partial charge in [-0.2, -0.15) is 0 Å². The van der Waals surface area contributed by atoms with Gasteiger partial charge in [-0.3, -0.25) is 0 Å². The average molecular weight is 515 g/mol. The van der Waals surface area contributed by atoms with Crippen molar-refractivity contribution in [3.63, 3.8) is 0 Å². The molecule has 158 valence electrons. The quantitative estimate of drug-likeness (QED) is 0.351. The third-order valence-corrected chi connectivity index (χ3v) is 5.58. The lowest BCUT2D eigenvalue weighted by Crippen LogP contribution is -2.05. The number of anilines is 2. The highest BCUT2D eigenvalue weighted by molar-refractivity contribution is 9.10. The highest BCUT2D eigenvalue weighted by Gasteiger charge is 2.19. The van der Waals surface area contributed by atoms with E-state index in [1.165, 1.54) is 6.07 Å². The van der Waals surface area contributed by atoms with Crippen LogP contribution in [0.1, 0.15) is 37.3 Å². The predicted molar refractivity (Wildman–Crippen MR) is 121 cm³/mol. The predicted octanol–water partition coefficient (Wildman–Crippen LogP) is 7.26. The number of aromatic nitrogens is 2. The first-order chi connectivity index (χ1) is 14.2. The number of carbonyl (C=O) groups excluding carboxylic acids is 1. The van der Waals surface area contributed by atoms with Gasteiger partial charge < -0.3 is 14.6 Å². The lowest BCUT2D eigenvalue weighted by molar-refractivity contribution is 0.0520. The van der Waals surface area contributed by atoms with Crippen LogP contribution in [0.2, 0.25) is 10.0 Å². The Labute approximate surface area is 192 Å². The molecule has 2 aromatic carbocycles. The molecule has 0 aliphatic carbocycles. The highest BCUT2D eigenvalue weighted by atomic mass is 79.9. The minimum absolute atomic E-state index is 0.00965. The third-order valence-electron chi connectivity index (χ3n) is 4.32. The smallest absolute Gasteiger partial charge is 0.358 e. The Kier molecular flexibility index (Phi) is 7.06. The van der Waals surface area contributed by atoms with Crippen LogP contribution in [-0.4, -0.2) is 22.1 Å². The molecule has 0 atom stereocenters. The van der Waals surface area contributed by atoms with Gasteiger partial charge in [0.1, 0.15) is 5.82 Å². The van der Waals surface area contributed by atoms with Crippen molar-refractivity contribution in [1.29, 1.82) is 0 Å². The molecule has 0 aliphatic rings. The van der Waals surface area contributed by atoms with Gasteiger partial charge in [0.25, 0.3) is 0 Å². The molecule has 0 radical (unpaired) electrons. The maximum absolute atomic E-state index is 14.6. The summed E-state index contributed by atoms with van der Waals surface area (Å²) in [5.41, 5.74) is 1.54. The lowest BCUT2D eigenvalue weighted by Gasteiger charge is -2.16. The molecule has 0 saturated carbocycles. The fourth-order valence-electron chi connectivity index (χ4n) is 2.87. The number of hydrogen-bond donors (Lipinski definition) is 1. The second kappa shape index (κ2) is 9.37. The van der Waals surface area contributed by atoms with Gasteiger partial charge >= 0.3 is 5.97 Å². The first-order valence-corrected chi connectivity index (χ1v) is 10.7. The zero-order chi connectivity index (χ0) is 22.0. The lowest BCUT2D eigenvalue weighted by atomic mass is 10.0. The number of esters is 1. The van der Waals surface area contributed by atoms with Crippen LogP contribution < -0.4 is 5.32 Å². The van der Waals surface area contributed by atoms with Gasteiger partial charge in [0, 0.05) is 32.9 Å². The Hall–Kier alpha value is -2.09. The van der Waals surface area contributed by atoms with Gasteiger partial charge in [-0.05, 0) is 54.9 Å². The topological polar surface area (TPSA) is 56.1 Å². The summed E-state index contributed by atoms with van der Waals surface area (Å²) < 4.78 is 22.1. The fourth-order valence-corrected chi connectivity index (χ4v) is 3.88. The molecule has 1 heterocycles. The van der Waals surface area contributed by atoms with Gasteiger partial charge in [0.15, 0.2) is 5.69 Å². The Morgan fingerprint density at radius 2 is 2.00 bits per heavy atom. The second-order valence-electron chi connectivity index (χ2n) is 6.71. The summed E-state index contributed by atoms with van der Waals surface area (Å²) in [6.45, 7) is 5.92. The van der Waals surface area contributed by atoms with Crippen molar-refractivity contribution in [2.75, 3.05) is 11.9 Å². The zero-order valence-electron chi connectivity index (χ0n) is 16.5. The fraction of sp³-hybridized carbons (Fsp3) is 0.238. The molecule has 30 heavy (non-hydrogen) atoms. The largest absolute Gasteiger partial charge is 0.461 e. The van der Waals surface area contributed by atoms with Crippen molar-refractivity contribution in [2.24, 2.45) is 0 Å². The van der Waals surface area contributed by atoms with Gasteiger partial charge in [-0.1, -0.05) is 35.3 Å². The Morgan fingerprint density at radius 3 is 2.67 bits per heavy atom. The maximum atomic E-state index is 14.6. The van der Waals surface area contributed by atoms with Crippen LogP contribution in [-0.2, 0) is 4.74 Å². The molecular weight excluding hydrogens is 496 g/mol. The van der Waals surface area contributed by atoms with Crippen LogP contribution in [0, 0.1) is 5.82 Å². The summed E-state index contributed by atoms with van der Waals surface area (Å²) in [6.07, 6.45) is 1.63. The first-order valence-electron chi connectivity index (χ1n) is 9.19. The maximum Gasteiger partial charge on any atom is 0.358 e. The van der Waals surface area contributed by atoms with Crippen molar-refractivity contribution in [1.82, 2.24) is 9.55 Å². The minimum atomic E-state index is -0.553. The minimum Gasteiger partial charge on any atom is -0.461 e. The molecule has 1 N–H and O–H groups in total. The van der Waals surface area contributed by atoms with Crippen molar-refractivity contribution in [2.45, 2.75) is 26.8 Å². The Bertz CT molecular complexity index is 1100. The normalized spacial score (nSPS) is 11.1. The molecule has 3 aromatic rings. The standard InChI is InChI=1S/C21H19BrCl2FN3O2/c1-4-30-20(29)18-10-28(11(2)3)21(27-18)26-17-8-13(16(24)9-14(17)22)12-6-5-7-15(23)19(12)25/h5-11H,4H2,1-3H3,(H,26,27). The highest BCUT2D eigenvalue weighted by Crippen LogP contribution is 2.39.